The molecule has 1 atom stereocenters. The number of carbonyl (C=O) groups excluding carboxylic acids is 2. The van der Waals surface area contributed by atoms with Gasteiger partial charge in [0.1, 0.15) is 17.1 Å². The Balaban J connectivity index is 1.72. The van der Waals surface area contributed by atoms with Crippen LogP contribution in [0.5, 0.6) is 5.75 Å². The lowest BCUT2D eigenvalue weighted by atomic mass is 9.93. The Kier molecular flexibility index (Phi) is 5.37. The van der Waals surface area contributed by atoms with Crippen LogP contribution in [0.2, 0.25) is 5.02 Å². The molecule has 2 aromatic carbocycles. The van der Waals surface area contributed by atoms with E-state index < -0.39 is 17.4 Å². The van der Waals surface area contributed by atoms with Crippen molar-refractivity contribution in [2.75, 3.05) is 7.11 Å². The van der Waals surface area contributed by atoms with Crippen molar-refractivity contribution in [1.82, 2.24) is 10.2 Å². The average molecular weight is 391 g/mol. The van der Waals surface area contributed by atoms with Gasteiger partial charge in [-0.1, -0.05) is 29.8 Å². The van der Waals surface area contributed by atoms with E-state index >= 15 is 0 Å². The van der Waals surface area contributed by atoms with E-state index in [1.165, 1.54) is 18.2 Å². The smallest absolute Gasteiger partial charge is 0.325 e. The molecule has 0 saturated carbocycles. The number of nitrogens with one attached hydrogen (secondary N) is 1. The fourth-order valence-electron chi connectivity index (χ4n) is 3.09. The van der Waals surface area contributed by atoms with Crippen LogP contribution in [0.15, 0.2) is 42.5 Å². The number of ether oxygens (including phenoxy) is 1. The Morgan fingerprint density at radius 2 is 1.89 bits per heavy atom. The first kappa shape index (κ1) is 19.2. The largest absolute Gasteiger partial charge is 0.497 e. The van der Waals surface area contributed by atoms with Crippen LogP contribution >= 0.6 is 11.6 Å². The number of hydrogen-bond acceptors (Lipinski definition) is 3. The molecule has 0 spiro atoms. The molecule has 1 aliphatic rings. The molecule has 1 fully saturated rings. The zero-order valence-electron chi connectivity index (χ0n) is 15.1. The number of methoxy groups -OCH3 is 1. The van der Waals surface area contributed by atoms with Gasteiger partial charge < -0.3 is 10.1 Å². The molecule has 1 N–H and O–H groups in total. The summed E-state index contributed by atoms with van der Waals surface area (Å²) < 4.78 is 19.1. The van der Waals surface area contributed by atoms with E-state index in [4.69, 9.17) is 16.3 Å². The second-order valence-electron chi connectivity index (χ2n) is 6.70. The third-order valence-corrected chi connectivity index (χ3v) is 5.15. The highest BCUT2D eigenvalue weighted by molar-refractivity contribution is 6.31. The Morgan fingerprint density at radius 1 is 1.19 bits per heavy atom. The van der Waals surface area contributed by atoms with Gasteiger partial charge in [0.2, 0.25) is 0 Å². The van der Waals surface area contributed by atoms with Crippen LogP contribution in [-0.2, 0) is 17.8 Å². The number of nitrogens with zero attached hydrogens (tertiary/aromatic N) is 1. The van der Waals surface area contributed by atoms with E-state index in [-0.39, 0.29) is 23.0 Å². The molecule has 3 amide bonds. The third-order valence-electron chi connectivity index (χ3n) is 4.80. The fraction of sp³-hybridized carbons (Fsp3) is 0.300. The van der Waals surface area contributed by atoms with Crippen molar-refractivity contribution in [2.24, 2.45) is 0 Å². The van der Waals surface area contributed by atoms with Crippen LogP contribution < -0.4 is 10.1 Å². The van der Waals surface area contributed by atoms with E-state index in [0.717, 1.165) is 16.2 Å². The summed E-state index contributed by atoms with van der Waals surface area (Å²) in [6.07, 6.45) is 1.02. The molecule has 0 bridgehead atoms. The van der Waals surface area contributed by atoms with Gasteiger partial charge in [-0.15, -0.1) is 0 Å². The van der Waals surface area contributed by atoms with Crippen LogP contribution in [0.25, 0.3) is 0 Å². The maximum atomic E-state index is 14.0. The highest BCUT2D eigenvalue weighted by Crippen LogP contribution is 2.28. The van der Waals surface area contributed by atoms with Crippen molar-refractivity contribution >= 4 is 23.5 Å². The Bertz CT molecular complexity index is 852. The minimum atomic E-state index is -1.05. The molecular weight excluding hydrogens is 371 g/mol. The molecule has 3 rings (SSSR count). The summed E-state index contributed by atoms with van der Waals surface area (Å²) in [5.41, 5.74) is 0.103. The van der Waals surface area contributed by atoms with Gasteiger partial charge in [0.25, 0.3) is 5.91 Å². The van der Waals surface area contributed by atoms with Crippen molar-refractivity contribution in [3.63, 3.8) is 0 Å². The second kappa shape index (κ2) is 7.56. The molecule has 1 aliphatic heterocycles. The molecule has 1 unspecified atom stereocenters. The summed E-state index contributed by atoms with van der Waals surface area (Å²) in [7, 11) is 1.60. The maximum Gasteiger partial charge on any atom is 0.325 e. The number of imide groups is 1. The fourth-order valence-corrected chi connectivity index (χ4v) is 3.31. The van der Waals surface area contributed by atoms with Crippen LogP contribution in [0.3, 0.4) is 0 Å². The van der Waals surface area contributed by atoms with Gasteiger partial charge in [-0.25, -0.2) is 9.18 Å². The van der Waals surface area contributed by atoms with E-state index in [9.17, 15) is 14.0 Å². The van der Waals surface area contributed by atoms with Gasteiger partial charge in [0.15, 0.2) is 0 Å². The minimum absolute atomic E-state index is 0.127. The van der Waals surface area contributed by atoms with Crippen molar-refractivity contribution in [2.45, 2.75) is 31.8 Å². The van der Waals surface area contributed by atoms with Crippen molar-refractivity contribution < 1.29 is 18.7 Å². The van der Waals surface area contributed by atoms with Crippen LogP contribution in [0, 0.1) is 5.82 Å². The lowest BCUT2D eigenvalue weighted by Gasteiger charge is -2.22. The number of urea groups is 1. The highest BCUT2D eigenvalue weighted by atomic mass is 35.5. The molecule has 27 heavy (non-hydrogen) atoms. The molecule has 0 aromatic heterocycles. The average Bonchev–Trinajstić information content (AvgIpc) is 2.86. The van der Waals surface area contributed by atoms with E-state index in [1.54, 1.807) is 14.0 Å². The van der Waals surface area contributed by atoms with Gasteiger partial charge in [-0.05, 0) is 49.6 Å². The summed E-state index contributed by atoms with van der Waals surface area (Å²) in [6, 6.07) is 11.2. The van der Waals surface area contributed by atoms with Crippen molar-refractivity contribution in [3.8, 4) is 5.75 Å². The SMILES string of the molecule is COc1ccc(CCC2(C)NC(=O)N(Cc3c(F)cccc3Cl)C2=O)cc1. The molecule has 142 valence electrons. The third kappa shape index (κ3) is 3.90. The van der Waals surface area contributed by atoms with E-state index in [0.29, 0.717) is 12.8 Å². The molecule has 1 heterocycles. The number of hydrogen-bond donors (Lipinski definition) is 1. The standard InChI is InChI=1S/C20H20ClFN2O3/c1-20(11-10-13-6-8-14(27-2)9-7-13)18(25)24(19(26)23-20)12-15-16(21)4-3-5-17(15)22/h3-9H,10-12H2,1-2H3,(H,23,26). The summed E-state index contributed by atoms with van der Waals surface area (Å²) >= 11 is 6.02. The normalized spacial score (nSPS) is 19.3. The topological polar surface area (TPSA) is 58.6 Å². The number of carbonyl (C=O) groups is 2. The lowest BCUT2D eigenvalue weighted by molar-refractivity contribution is -0.131. The number of aryl methyl sites for hydroxylation is 1. The first-order valence-corrected chi connectivity index (χ1v) is 8.92. The first-order valence-electron chi connectivity index (χ1n) is 8.54. The summed E-state index contributed by atoms with van der Waals surface area (Å²) in [5.74, 6) is -0.182. The van der Waals surface area contributed by atoms with Gasteiger partial charge in [0, 0.05) is 10.6 Å². The number of rotatable bonds is 6. The maximum absolute atomic E-state index is 14.0. The second-order valence-corrected chi connectivity index (χ2v) is 7.11. The molecule has 0 radical (unpaired) electrons. The van der Waals surface area contributed by atoms with Crippen LogP contribution in [-0.4, -0.2) is 29.5 Å². The predicted molar refractivity (Wildman–Crippen MR) is 100 cm³/mol. The Hall–Kier alpha value is -2.60. The molecule has 5 nitrogen and oxygen atoms in total. The summed E-state index contributed by atoms with van der Waals surface area (Å²) in [6.45, 7) is 1.48. The lowest BCUT2D eigenvalue weighted by Crippen LogP contribution is -2.44. The number of amides is 3. The summed E-state index contributed by atoms with van der Waals surface area (Å²) in [5, 5.41) is 2.91. The van der Waals surface area contributed by atoms with E-state index in [2.05, 4.69) is 5.32 Å². The Morgan fingerprint density at radius 3 is 2.52 bits per heavy atom. The highest BCUT2D eigenvalue weighted by Gasteiger charge is 2.47. The minimum Gasteiger partial charge on any atom is -0.497 e. The van der Waals surface area contributed by atoms with Crippen LogP contribution in [0.4, 0.5) is 9.18 Å². The van der Waals surface area contributed by atoms with Gasteiger partial charge in [0.05, 0.1) is 13.7 Å². The Labute approximate surface area is 162 Å². The van der Waals surface area contributed by atoms with Crippen LogP contribution in [0.1, 0.15) is 24.5 Å². The predicted octanol–water partition coefficient (Wildman–Crippen LogP) is 3.93. The molecular formula is C20H20ClFN2O3. The monoisotopic (exact) mass is 390 g/mol. The molecule has 0 aliphatic carbocycles. The molecule has 2 aromatic rings. The van der Waals surface area contributed by atoms with Crippen molar-refractivity contribution in [1.29, 1.82) is 0 Å². The number of halogens is 2. The number of benzene rings is 2. The van der Waals surface area contributed by atoms with E-state index in [1.807, 2.05) is 24.3 Å². The van der Waals surface area contributed by atoms with Gasteiger partial charge in [-0.3, -0.25) is 9.69 Å². The van der Waals surface area contributed by atoms with Gasteiger partial charge in [-0.2, -0.15) is 0 Å². The zero-order chi connectivity index (χ0) is 19.6. The first-order chi connectivity index (χ1) is 12.8. The molecule has 1 saturated heterocycles. The quantitative estimate of drug-likeness (QED) is 0.760. The van der Waals surface area contributed by atoms with Crippen molar-refractivity contribution in [3.05, 3.63) is 64.4 Å². The molecule has 7 heteroatoms. The zero-order valence-corrected chi connectivity index (χ0v) is 15.8. The summed E-state index contributed by atoms with van der Waals surface area (Å²) in [4.78, 5) is 26.2. The van der Waals surface area contributed by atoms with Gasteiger partial charge >= 0.3 is 6.03 Å².